The van der Waals surface area contributed by atoms with Gasteiger partial charge in [-0.25, -0.2) is 0 Å². The van der Waals surface area contributed by atoms with Crippen LogP contribution in [0.15, 0.2) is 48.5 Å². The van der Waals surface area contributed by atoms with E-state index in [9.17, 15) is 4.79 Å². The Labute approximate surface area is 131 Å². The molecule has 0 aliphatic rings. The summed E-state index contributed by atoms with van der Waals surface area (Å²) in [7, 11) is 6.25. The Kier molecular flexibility index (Phi) is 5.35. The Morgan fingerprint density at radius 3 is 2.24 bits per heavy atom. The van der Waals surface area contributed by atoms with Gasteiger partial charge in [-0.1, -0.05) is 6.07 Å². The minimum absolute atomic E-state index is 0. The lowest BCUT2D eigenvalue weighted by Crippen LogP contribution is -3.00. The summed E-state index contributed by atoms with van der Waals surface area (Å²) >= 11 is 0. The lowest BCUT2D eigenvalue weighted by molar-refractivity contribution is -0.0000120. The third-order valence-electron chi connectivity index (χ3n) is 3.05. The van der Waals surface area contributed by atoms with E-state index in [1.165, 1.54) is 0 Å². The first-order chi connectivity index (χ1) is 9.36. The first kappa shape index (κ1) is 17.0. The summed E-state index contributed by atoms with van der Waals surface area (Å²) in [6.07, 6.45) is 0. The number of carbonyl (C=O) groups is 1. The summed E-state index contributed by atoms with van der Waals surface area (Å²) < 4.78 is 0.700. The van der Waals surface area contributed by atoms with Gasteiger partial charge < -0.3 is 23.5 Å². The molecule has 1 amide bonds. The number of nitrogen functional groups attached to an aromatic ring is 1. The SMILES string of the molecule is C[N+](C)(C)c1cccc(NC(=O)c2ccc(N)cc2)c1.[Cl-]. The van der Waals surface area contributed by atoms with Crippen LogP contribution < -0.4 is 27.9 Å². The summed E-state index contributed by atoms with van der Waals surface area (Å²) in [5, 5.41) is 2.90. The third-order valence-corrected chi connectivity index (χ3v) is 3.05. The van der Waals surface area contributed by atoms with Crippen molar-refractivity contribution in [1.82, 2.24) is 4.48 Å². The zero-order valence-electron chi connectivity index (χ0n) is 12.4. The summed E-state index contributed by atoms with van der Waals surface area (Å²) in [6, 6.07) is 14.7. The Morgan fingerprint density at radius 1 is 1.05 bits per heavy atom. The molecule has 0 saturated heterocycles. The van der Waals surface area contributed by atoms with Gasteiger partial charge in [0, 0.05) is 23.0 Å². The quantitative estimate of drug-likeness (QED) is 0.605. The van der Waals surface area contributed by atoms with Gasteiger partial charge in [0.2, 0.25) is 0 Å². The van der Waals surface area contributed by atoms with Crippen molar-refractivity contribution in [2.45, 2.75) is 0 Å². The van der Waals surface area contributed by atoms with Crippen molar-refractivity contribution < 1.29 is 17.2 Å². The highest BCUT2D eigenvalue weighted by molar-refractivity contribution is 6.04. The number of nitrogens with one attached hydrogen (secondary N) is 1. The average molecular weight is 306 g/mol. The number of quaternary nitrogens is 1. The van der Waals surface area contributed by atoms with E-state index >= 15 is 0 Å². The fourth-order valence-electron chi connectivity index (χ4n) is 1.84. The Bertz CT molecular complexity index is 618. The van der Waals surface area contributed by atoms with E-state index < -0.39 is 0 Å². The highest BCUT2D eigenvalue weighted by Crippen LogP contribution is 2.21. The van der Waals surface area contributed by atoms with Crippen LogP contribution in [0.5, 0.6) is 0 Å². The molecular weight excluding hydrogens is 286 g/mol. The molecule has 2 rings (SSSR count). The maximum atomic E-state index is 12.1. The lowest BCUT2D eigenvalue weighted by atomic mass is 10.2. The molecule has 0 aromatic heterocycles. The third kappa shape index (κ3) is 4.48. The Morgan fingerprint density at radius 2 is 1.67 bits per heavy atom. The molecule has 0 bridgehead atoms. The second kappa shape index (κ2) is 6.61. The number of benzene rings is 2. The van der Waals surface area contributed by atoms with Crippen molar-refractivity contribution in [3.8, 4) is 0 Å². The fraction of sp³-hybridized carbons (Fsp3) is 0.188. The van der Waals surface area contributed by atoms with E-state index in [-0.39, 0.29) is 18.3 Å². The highest BCUT2D eigenvalue weighted by atomic mass is 35.5. The predicted octanol–water partition coefficient (Wildman–Crippen LogP) is -0.278. The van der Waals surface area contributed by atoms with Gasteiger partial charge in [-0.3, -0.25) is 9.28 Å². The van der Waals surface area contributed by atoms with E-state index in [2.05, 4.69) is 26.5 Å². The number of anilines is 2. The molecule has 0 saturated carbocycles. The van der Waals surface area contributed by atoms with Gasteiger partial charge in [0.15, 0.2) is 0 Å². The van der Waals surface area contributed by atoms with Crippen molar-refractivity contribution in [3.63, 3.8) is 0 Å². The first-order valence-corrected chi connectivity index (χ1v) is 6.45. The molecule has 0 fully saturated rings. The second-order valence-electron chi connectivity index (χ2n) is 5.64. The Hall–Kier alpha value is -2.04. The molecule has 0 aliphatic heterocycles. The zero-order chi connectivity index (χ0) is 14.8. The van der Waals surface area contributed by atoms with Crippen molar-refractivity contribution >= 4 is 23.0 Å². The van der Waals surface area contributed by atoms with E-state index in [0.29, 0.717) is 15.7 Å². The molecule has 4 nitrogen and oxygen atoms in total. The second-order valence-corrected chi connectivity index (χ2v) is 5.64. The minimum Gasteiger partial charge on any atom is -1.00 e. The molecule has 112 valence electrons. The van der Waals surface area contributed by atoms with Crippen LogP contribution in [-0.4, -0.2) is 27.1 Å². The van der Waals surface area contributed by atoms with Gasteiger partial charge in [-0.05, 0) is 36.4 Å². The molecule has 0 heterocycles. The molecule has 0 spiro atoms. The molecule has 3 N–H and O–H groups in total. The van der Waals surface area contributed by atoms with E-state index in [1.807, 2.05) is 24.3 Å². The van der Waals surface area contributed by atoms with Crippen LogP contribution in [0.3, 0.4) is 0 Å². The maximum Gasteiger partial charge on any atom is 0.255 e. The van der Waals surface area contributed by atoms with Gasteiger partial charge in [-0.15, -0.1) is 0 Å². The number of nitrogens with zero attached hydrogens (tertiary/aromatic N) is 1. The largest absolute Gasteiger partial charge is 1.00 e. The van der Waals surface area contributed by atoms with Crippen molar-refractivity contribution in [2.24, 2.45) is 0 Å². The van der Waals surface area contributed by atoms with Crippen LogP contribution in [0.2, 0.25) is 0 Å². The predicted molar refractivity (Wildman–Crippen MR) is 84.8 cm³/mol. The Balaban J connectivity index is 0.00000220. The molecular formula is C16H20ClN3O. The van der Waals surface area contributed by atoms with Gasteiger partial charge in [0.25, 0.3) is 5.91 Å². The smallest absolute Gasteiger partial charge is 0.255 e. The van der Waals surface area contributed by atoms with Crippen LogP contribution in [0, 0.1) is 0 Å². The van der Waals surface area contributed by atoms with Crippen molar-refractivity contribution in [3.05, 3.63) is 54.1 Å². The number of carbonyl (C=O) groups excluding carboxylic acids is 1. The topological polar surface area (TPSA) is 55.1 Å². The van der Waals surface area contributed by atoms with Crippen molar-refractivity contribution in [1.29, 1.82) is 0 Å². The maximum absolute atomic E-state index is 12.1. The summed E-state index contributed by atoms with van der Waals surface area (Å²) in [5.74, 6) is -0.136. The van der Waals surface area contributed by atoms with Gasteiger partial charge in [0.1, 0.15) is 5.69 Å². The lowest BCUT2D eigenvalue weighted by Gasteiger charge is -2.23. The summed E-state index contributed by atoms with van der Waals surface area (Å²) in [5.41, 5.74) is 8.77. The zero-order valence-corrected chi connectivity index (χ0v) is 13.2. The number of nitrogens with two attached hydrogens (primary N) is 1. The fourth-order valence-corrected chi connectivity index (χ4v) is 1.84. The normalized spacial score (nSPS) is 10.6. The highest BCUT2D eigenvalue weighted by Gasteiger charge is 2.13. The van der Waals surface area contributed by atoms with E-state index in [0.717, 1.165) is 11.4 Å². The number of hydrogen-bond acceptors (Lipinski definition) is 2. The first-order valence-electron chi connectivity index (χ1n) is 6.45. The number of amides is 1. The molecule has 2 aromatic rings. The molecule has 0 aliphatic carbocycles. The molecule has 5 heteroatoms. The monoisotopic (exact) mass is 305 g/mol. The van der Waals surface area contributed by atoms with Gasteiger partial charge in [-0.2, -0.15) is 0 Å². The summed E-state index contributed by atoms with van der Waals surface area (Å²) in [6.45, 7) is 0. The number of rotatable bonds is 3. The number of hydrogen-bond donors (Lipinski definition) is 2. The molecule has 0 unspecified atom stereocenters. The van der Waals surface area contributed by atoms with Crippen molar-refractivity contribution in [2.75, 3.05) is 32.2 Å². The van der Waals surface area contributed by atoms with Gasteiger partial charge >= 0.3 is 0 Å². The van der Waals surface area contributed by atoms with Crippen LogP contribution in [0.1, 0.15) is 10.4 Å². The van der Waals surface area contributed by atoms with Crippen LogP contribution in [0.25, 0.3) is 0 Å². The standard InChI is InChI=1S/C16H19N3O.ClH/c1-19(2,3)15-6-4-5-14(11-15)18-16(20)12-7-9-13(17)10-8-12;/h4-11H,1-3H3,(H2-,17,18,20);1H. The van der Waals surface area contributed by atoms with Crippen LogP contribution >= 0.6 is 0 Å². The number of halogens is 1. The van der Waals surface area contributed by atoms with Crippen LogP contribution in [0.4, 0.5) is 17.1 Å². The molecule has 2 aromatic carbocycles. The average Bonchev–Trinajstić information content (AvgIpc) is 2.38. The van der Waals surface area contributed by atoms with E-state index in [1.54, 1.807) is 24.3 Å². The molecule has 0 radical (unpaired) electrons. The van der Waals surface area contributed by atoms with E-state index in [4.69, 9.17) is 5.73 Å². The summed E-state index contributed by atoms with van der Waals surface area (Å²) in [4.78, 5) is 12.1. The van der Waals surface area contributed by atoms with Crippen LogP contribution in [-0.2, 0) is 0 Å². The molecule has 0 atom stereocenters. The minimum atomic E-state index is -0.136. The molecule has 21 heavy (non-hydrogen) atoms. The van der Waals surface area contributed by atoms with Gasteiger partial charge in [0.05, 0.1) is 21.1 Å².